The van der Waals surface area contributed by atoms with Gasteiger partial charge in [-0.25, -0.2) is 14.5 Å². The topological polar surface area (TPSA) is 81.4 Å². The molecule has 0 unspecified atom stereocenters. The number of imidazole rings is 1. The Morgan fingerprint density at radius 3 is 2.53 bits per heavy atom. The third-order valence-corrected chi connectivity index (χ3v) is 4.80. The van der Waals surface area contributed by atoms with Gasteiger partial charge in [-0.15, -0.1) is 0 Å². The van der Waals surface area contributed by atoms with E-state index in [2.05, 4.69) is 20.1 Å². The Labute approximate surface area is 173 Å². The molecule has 3 heterocycles. The van der Waals surface area contributed by atoms with Crippen LogP contribution in [0.3, 0.4) is 0 Å². The van der Waals surface area contributed by atoms with Crippen molar-refractivity contribution in [2.24, 2.45) is 0 Å². The quantitative estimate of drug-likeness (QED) is 0.487. The standard InChI is InChI=1S/C19H16ClF3N6O/c1-10(2)14-7-15(19(21,22)23)27-29(14)12-5-3-11(4-6-12)9-28-16-13(25-18(28)30)8-24-17(20)26-16/h3-8,10H,9H2,1-2H3,(H,25,30). The van der Waals surface area contributed by atoms with Crippen LogP contribution in [0.4, 0.5) is 13.2 Å². The first kappa shape index (κ1) is 20.1. The van der Waals surface area contributed by atoms with Crippen LogP contribution in [0.2, 0.25) is 5.28 Å². The van der Waals surface area contributed by atoms with Gasteiger partial charge in [0, 0.05) is 5.69 Å². The Morgan fingerprint density at radius 2 is 1.90 bits per heavy atom. The van der Waals surface area contributed by atoms with E-state index in [-0.39, 0.29) is 23.4 Å². The second-order valence-electron chi connectivity index (χ2n) is 7.08. The molecule has 156 valence electrons. The third-order valence-electron chi connectivity index (χ3n) is 4.62. The van der Waals surface area contributed by atoms with Gasteiger partial charge in [0.2, 0.25) is 5.28 Å². The normalized spacial score (nSPS) is 12.2. The summed E-state index contributed by atoms with van der Waals surface area (Å²) in [5.74, 6) is -0.150. The van der Waals surface area contributed by atoms with E-state index >= 15 is 0 Å². The molecule has 1 N–H and O–H groups in total. The number of aromatic amines is 1. The van der Waals surface area contributed by atoms with Crippen molar-refractivity contribution in [3.63, 3.8) is 0 Å². The zero-order valence-corrected chi connectivity index (χ0v) is 16.7. The first-order valence-corrected chi connectivity index (χ1v) is 9.39. The van der Waals surface area contributed by atoms with Crippen molar-refractivity contribution in [2.75, 3.05) is 0 Å². The molecule has 0 saturated heterocycles. The summed E-state index contributed by atoms with van der Waals surface area (Å²) in [6.45, 7) is 3.81. The molecule has 0 spiro atoms. The summed E-state index contributed by atoms with van der Waals surface area (Å²) in [6, 6.07) is 7.84. The number of halogens is 4. The summed E-state index contributed by atoms with van der Waals surface area (Å²) in [6.07, 6.45) is -3.09. The lowest BCUT2D eigenvalue weighted by Gasteiger charge is -2.11. The van der Waals surface area contributed by atoms with Crippen molar-refractivity contribution < 1.29 is 13.2 Å². The zero-order valence-electron chi connectivity index (χ0n) is 15.9. The third kappa shape index (κ3) is 3.70. The number of benzene rings is 1. The van der Waals surface area contributed by atoms with Crippen molar-refractivity contribution >= 4 is 22.8 Å². The van der Waals surface area contributed by atoms with E-state index < -0.39 is 11.9 Å². The van der Waals surface area contributed by atoms with Crippen LogP contribution >= 0.6 is 11.6 Å². The summed E-state index contributed by atoms with van der Waals surface area (Å²) in [4.78, 5) is 22.8. The number of aromatic nitrogens is 6. The van der Waals surface area contributed by atoms with E-state index in [0.29, 0.717) is 22.5 Å². The molecule has 0 aliphatic heterocycles. The molecule has 0 aliphatic carbocycles. The number of hydrogen-bond donors (Lipinski definition) is 1. The number of nitrogens with one attached hydrogen (secondary N) is 1. The van der Waals surface area contributed by atoms with Crippen molar-refractivity contribution in [1.29, 1.82) is 0 Å². The Bertz CT molecular complexity index is 1270. The van der Waals surface area contributed by atoms with Crippen LogP contribution in [0.1, 0.15) is 36.7 Å². The minimum Gasteiger partial charge on any atom is -0.303 e. The van der Waals surface area contributed by atoms with E-state index in [1.165, 1.54) is 15.4 Å². The van der Waals surface area contributed by atoms with E-state index in [0.717, 1.165) is 11.6 Å². The smallest absolute Gasteiger partial charge is 0.303 e. The SMILES string of the molecule is CC(C)c1cc(C(F)(F)F)nn1-c1ccc(Cn2c(=O)[nH]c3cnc(Cl)nc32)cc1. The second-order valence-corrected chi connectivity index (χ2v) is 7.42. The molecular formula is C19H16ClF3N6O. The highest BCUT2D eigenvalue weighted by molar-refractivity contribution is 6.28. The van der Waals surface area contributed by atoms with Gasteiger partial charge in [0.05, 0.1) is 18.4 Å². The summed E-state index contributed by atoms with van der Waals surface area (Å²) in [7, 11) is 0. The maximum absolute atomic E-state index is 13.1. The van der Waals surface area contributed by atoms with Crippen LogP contribution in [-0.2, 0) is 12.7 Å². The molecule has 1 aromatic carbocycles. The fourth-order valence-corrected chi connectivity index (χ4v) is 3.28. The number of nitrogens with zero attached hydrogens (tertiary/aromatic N) is 5. The molecule has 0 fully saturated rings. The van der Waals surface area contributed by atoms with Crippen LogP contribution in [0.5, 0.6) is 0 Å². The lowest BCUT2D eigenvalue weighted by Crippen LogP contribution is -2.17. The van der Waals surface area contributed by atoms with Crippen molar-refractivity contribution in [3.8, 4) is 5.69 Å². The van der Waals surface area contributed by atoms with Gasteiger partial charge in [-0.3, -0.25) is 4.57 Å². The van der Waals surface area contributed by atoms with Gasteiger partial charge in [-0.1, -0.05) is 26.0 Å². The van der Waals surface area contributed by atoms with Gasteiger partial charge in [-0.05, 0) is 41.3 Å². The molecule has 0 aliphatic rings. The first-order chi connectivity index (χ1) is 14.1. The van der Waals surface area contributed by atoms with Crippen molar-refractivity contribution in [1.82, 2.24) is 29.3 Å². The molecule has 7 nitrogen and oxygen atoms in total. The highest BCUT2D eigenvalue weighted by atomic mass is 35.5. The second kappa shape index (κ2) is 7.28. The minimum atomic E-state index is -4.52. The molecular weight excluding hydrogens is 421 g/mol. The van der Waals surface area contributed by atoms with Gasteiger partial charge in [-0.2, -0.15) is 23.3 Å². The van der Waals surface area contributed by atoms with E-state index in [1.807, 2.05) is 0 Å². The van der Waals surface area contributed by atoms with Crippen LogP contribution in [0, 0.1) is 0 Å². The summed E-state index contributed by atoms with van der Waals surface area (Å²) < 4.78 is 42.0. The largest absolute Gasteiger partial charge is 0.435 e. The highest BCUT2D eigenvalue weighted by Crippen LogP contribution is 2.31. The molecule has 30 heavy (non-hydrogen) atoms. The average Bonchev–Trinajstić information content (AvgIpc) is 3.25. The average molecular weight is 437 g/mol. The summed E-state index contributed by atoms with van der Waals surface area (Å²) in [5, 5.41) is 3.76. The maximum atomic E-state index is 13.1. The van der Waals surface area contributed by atoms with E-state index in [4.69, 9.17) is 11.6 Å². The lowest BCUT2D eigenvalue weighted by molar-refractivity contribution is -0.141. The monoisotopic (exact) mass is 436 g/mol. The number of fused-ring (bicyclic) bond motifs is 1. The number of alkyl halides is 3. The molecule has 4 aromatic rings. The maximum Gasteiger partial charge on any atom is 0.435 e. The predicted molar refractivity (Wildman–Crippen MR) is 105 cm³/mol. The lowest BCUT2D eigenvalue weighted by atomic mass is 10.1. The van der Waals surface area contributed by atoms with Crippen molar-refractivity contribution in [3.05, 3.63) is 69.2 Å². The van der Waals surface area contributed by atoms with Gasteiger partial charge >= 0.3 is 11.9 Å². The molecule has 0 saturated carbocycles. The molecule has 4 rings (SSSR count). The summed E-state index contributed by atoms with van der Waals surface area (Å²) in [5.41, 5.74) is 1.23. The van der Waals surface area contributed by atoms with Gasteiger partial charge in [0.15, 0.2) is 11.3 Å². The first-order valence-electron chi connectivity index (χ1n) is 9.01. The minimum absolute atomic E-state index is 0.0194. The molecule has 3 aromatic heterocycles. The van der Waals surface area contributed by atoms with Crippen LogP contribution < -0.4 is 5.69 Å². The fraction of sp³-hybridized carbons (Fsp3) is 0.263. The van der Waals surface area contributed by atoms with Gasteiger partial charge in [0.25, 0.3) is 0 Å². The molecule has 11 heteroatoms. The number of hydrogen-bond acceptors (Lipinski definition) is 4. The summed E-state index contributed by atoms with van der Waals surface area (Å²) >= 11 is 5.82. The zero-order chi connectivity index (χ0) is 21.6. The Hall–Kier alpha value is -3.14. The molecule has 0 radical (unpaired) electrons. The van der Waals surface area contributed by atoms with Gasteiger partial charge < -0.3 is 4.98 Å². The molecule has 0 atom stereocenters. The Kier molecular flexibility index (Phi) is 4.89. The highest BCUT2D eigenvalue weighted by Gasteiger charge is 2.35. The van der Waals surface area contributed by atoms with E-state index in [9.17, 15) is 18.0 Å². The Morgan fingerprint density at radius 1 is 1.20 bits per heavy atom. The van der Waals surface area contributed by atoms with Crippen molar-refractivity contribution in [2.45, 2.75) is 32.5 Å². The van der Waals surface area contributed by atoms with Crippen LogP contribution in [0.15, 0.2) is 41.3 Å². The number of H-pyrrole nitrogens is 1. The molecule has 0 bridgehead atoms. The van der Waals surface area contributed by atoms with Crippen LogP contribution in [0.25, 0.3) is 16.9 Å². The van der Waals surface area contributed by atoms with Gasteiger partial charge in [0.1, 0.15) is 5.52 Å². The Balaban J connectivity index is 1.68. The fourth-order valence-electron chi connectivity index (χ4n) is 3.15. The number of rotatable bonds is 4. The molecule has 0 amide bonds. The van der Waals surface area contributed by atoms with E-state index in [1.54, 1.807) is 38.1 Å². The van der Waals surface area contributed by atoms with Crippen LogP contribution in [-0.4, -0.2) is 29.3 Å². The predicted octanol–water partition coefficient (Wildman–Crippen LogP) is 4.15.